The molecule has 0 saturated heterocycles. The average Bonchev–Trinajstić information content (AvgIpc) is 3.00. The molecule has 6 unspecified atom stereocenters. The molecule has 0 aliphatic rings. The van der Waals surface area contributed by atoms with E-state index in [0.29, 0.717) is 13.2 Å². The van der Waals surface area contributed by atoms with Gasteiger partial charge in [-0.1, -0.05) is 0 Å². The van der Waals surface area contributed by atoms with Crippen molar-refractivity contribution in [2.45, 2.75) is 198 Å². The van der Waals surface area contributed by atoms with Crippen molar-refractivity contribution in [1.29, 1.82) is 0 Å². The van der Waals surface area contributed by atoms with E-state index in [9.17, 15) is 0 Å². The topological polar surface area (TPSA) is 92.3 Å². The first-order chi connectivity index (χ1) is 21.3. The van der Waals surface area contributed by atoms with Gasteiger partial charge in [-0.15, -0.1) is 0 Å². The molecule has 0 spiro atoms. The van der Waals surface area contributed by atoms with Gasteiger partial charge in [0.25, 0.3) is 0 Å². The molecule has 0 radical (unpaired) electrons. The predicted molar refractivity (Wildman–Crippen MR) is 180 cm³/mol. The van der Waals surface area contributed by atoms with Crippen molar-refractivity contribution in [1.82, 2.24) is 0 Å². The van der Waals surface area contributed by atoms with Crippen molar-refractivity contribution in [3.8, 4) is 0 Å². The van der Waals surface area contributed by atoms with Gasteiger partial charge in [-0.25, -0.2) is 0 Å². The second-order valence-electron chi connectivity index (χ2n) is 12.1. The van der Waals surface area contributed by atoms with Crippen LogP contribution in [-0.2, 0) is 59.2 Å². The third kappa shape index (κ3) is 18.5. The second-order valence-corrected chi connectivity index (χ2v) is 22.8. The van der Waals surface area contributed by atoms with Crippen LogP contribution in [0.1, 0.15) is 161 Å². The molecule has 0 amide bonds. The summed E-state index contributed by atoms with van der Waals surface area (Å²) >= 11 is -5.32. The standard InChI is InChI=1S/2C12H27O4Si.2C4H9O.Zr/c2*1-7-10(4)14-17(13,15-11(5)8-2)16-12(6)9-3;2*1-2-3-4-5;/h2*10-12H,7-9H2,1-6H3;2*2-4H2,1H3;/q4*-1;+4. The third-order valence-electron chi connectivity index (χ3n) is 7.58. The van der Waals surface area contributed by atoms with Crippen molar-refractivity contribution in [2.24, 2.45) is 0 Å². The van der Waals surface area contributed by atoms with Gasteiger partial charge in [0.05, 0.1) is 0 Å². The van der Waals surface area contributed by atoms with E-state index in [4.69, 9.17) is 37.2 Å². The van der Waals surface area contributed by atoms with Crippen molar-refractivity contribution in [3.05, 3.63) is 0 Å². The van der Waals surface area contributed by atoms with Crippen molar-refractivity contribution in [3.63, 3.8) is 0 Å². The predicted octanol–water partition coefficient (Wildman–Crippen LogP) is 9.23. The number of hydrogen-bond acceptors (Lipinski definition) is 10. The summed E-state index contributed by atoms with van der Waals surface area (Å²) in [5.74, 6) is 0. The van der Waals surface area contributed by atoms with E-state index in [-0.39, 0.29) is 36.6 Å². The van der Waals surface area contributed by atoms with E-state index < -0.39 is 40.1 Å². The Kier molecular flexibility index (Phi) is 25.5. The Morgan fingerprint density at radius 1 is 0.400 bits per heavy atom. The van der Waals surface area contributed by atoms with E-state index in [1.807, 2.05) is 41.5 Å². The summed E-state index contributed by atoms with van der Waals surface area (Å²) in [6, 6.07) is 0. The summed E-state index contributed by atoms with van der Waals surface area (Å²) < 4.78 is 68.0. The summed E-state index contributed by atoms with van der Waals surface area (Å²) in [5, 5.41) is 0. The van der Waals surface area contributed by atoms with Crippen molar-refractivity contribution in [2.75, 3.05) is 13.2 Å². The molecular formula is C32H72O10Si2Zr. The van der Waals surface area contributed by atoms with E-state index in [1.165, 1.54) is 0 Å². The molecule has 0 aliphatic carbocycles. The number of unbranched alkanes of at least 4 members (excludes halogenated alkanes) is 2. The van der Waals surface area contributed by atoms with E-state index in [1.54, 1.807) is 0 Å². The zero-order valence-corrected chi connectivity index (χ0v) is 36.0. The first kappa shape index (κ1) is 45.9. The molecule has 0 N–H and O–H groups in total. The zero-order chi connectivity index (χ0) is 34.5. The summed E-state index contributed by atoms with van der Waals surface area (Å²) in [6.07, 6.45) is 6.68. The average molecular weight is 764 g/mol. The Bertz CT molecular complexity index is 605. The van der Waals surface area contributed by atoms with Crippen LogP contribution in [0.25, 0.3) is 0 Å². The Hall–Kier alpha value is 0.917. The number of rotatable bonds is 30. The fourth-order valence-corrected chi connectivity index (χ4v) is 20.5. The third-order valence-corrected chi connectivity index (χ3v) is 22.8. The van der Waals surface area contributed by atoms with Gasteiger partial charge in [0.15, 0.2) is 0 Å². The summed E-state index contributed by atoms with van der Waals surface area (Å²) in [6.45, 7) is 29.4. The quantitative estimate of drug-likeness (QED) is 0.0521. The molecule has 272 valence electrons. The van der Waals surface area contributed by atoms with Crippen LogP contribution in [0, 0.1) is 0 Å². The fraction of sp³-hybridized carbons (Fsp3) is 1.00. The minimum absolute atomic E-state index is 0.203. The normalized spacial score (nSPS) is 19.3. The molecule has 0 fully saturated rings. The number of hydrogen-bond donors (Lipinski definition) is 0. The van der Waals surface area contributed by atoms with Gasteiger partial charge in [0.2, 0.25) is 0 Å². The summed E-state index contributed by atoms with van der Waals surface area (Å²) in [4.78, 5) is 0. The molecule has 6 atom stereocenters. The molecule has 0 heterocycles. The molecule has 45 heavy (non-hydrogen) atoms. The van der Waals surface area contributed by atoms with Crippen LogP contribution in [0.2, 0.25) is 0 Å². The molecule has 10 nitrogen and oxygen atoms in total. The van der Waals surface area contributed by atoms with Crippen LogP contribution in [-0.4, -0.2) is 67.9 Å². The fourth-order valence-electron chi connectivity index (χ4n) is 3.46. The van der Waals surface area contributed by atoms with Gasteiger partial charge in [-0.05, 0) is 0 Å². The summed E-state index contributed by atoms with van der Waals surface area (Å²) in [5.41, 5.74) is 0. The van der Waals surface area contributed by atoms with Crippen LogP contribution in [0.5, 0.6) is 0 Å². The van der Waals surface area contributed by atoms with Crippen molar-refractivity contribution < 1.29 is 59.2 Å². The maximum absolute atomic E-state index is 7.15. The van der Waals surface area contributed by atoms with Gasteiger partial charge in [0, 0.05) is 0 Å². The SMILES string of the molecule is CCCC[O][Zr]([O]CCCC)([O][Si](OC(C)CC)(OC(C)CC)OC(C)CC)[O][Si](OC(C)CC)(OC(C)CC)OC(C)CC. The molecule has 0 aliphatic heterocycles. The van der Waals surface area contributed by atoms with Gasteiger partial charge in [-0.2, -0.15) is 0 Å². The van der Waals surface area contributed by atoms with Crippen LogP contribution in [0.4, 0.5) is 0 Å². The second kappa shape index (κ2) is 25.0. The Labute approximate surface area is 287 Å². The zero-order valence-electron chi connectivity index (χ0n) is 31.5. The Morgan fingerprint density at radius 2 is 0.622 bits per heavy atom. The van der Waals surface area contributed by atoms with Gasteiger partial charge in [-0.3, -0.25) is 0 Å². The van der Waals surface area contributed by atoms with Crippen molar-refractivity contribution >= 4 is 18.1 Å². The molecule has 0 rings (SSSR count). The van der Waals surface area contributed by atoms with E-state index >= 15 is 0 Å². The van der Waals surface area contributed by atoms with Crippen LogP contribution in [0.15, 0.2) is 0 Å². The first-order valence-corrected chi connectivity index (χ1v) is 25.3. The molecule has 0 aromatic heterocycles. The molecule has 0 aromatic rings. The molecule has 0 aromatic carbocycles. The minimum atomic E-state index is -5.32. The van der Waals surface area contributed by atoms with Gasteiger partial charge in [0.1, 0.15) is 0 Å². The van der Waals surface area contributed by atoms with E-state index in [0.717, 1.165) is 64.2 Å². The molecule has 0 saturated carbocycles. The van der Waals surface area contributed by atoms with Crippen LogP contribution in [0.3, 0.4) is 0 Å². The Morgan fingerprint density at radius 3 is 0.800 bits per heavy atom. The van der Waals surface area contributed by atoms with Crippen LogP contribution < -0.4 is 0 Å². The monoisotopic (exact) mass is 762 g/mol. The first-order valence-electron chi connectivity index (χ1n) is 18.0. The van der Waals surface area contributed by atoms with Gasteiger partial charge < -0.3 is 0 Å². The van der Waals surface area contributed by atoms with Crippen LogP contribution >= 0.6 is 0 Å². The molecule has 13 heteroatoms. The van der Waals surface area contributed by atoms with Gasteiger partial charge >= 0.3 is 288 Å². The van der Waals surface area contributed by atoms with E-state index in [2.05, 4.69) is 55.4 Å². The maximum atomic E-state index is 7.15. The summed E-state index contributed by atoms with van der Waals surface area (Å²) in [7, 11) is -7.95. The molecule has 0 bridgehead atoms. The Balaban J connectivity index is 7.57. The molecular weight excluding hydrogens is 692 g/mol.